The van der Waals surface area contributed by atoms with E-state index in [-0.39, 0.29) is 6.04 Å². The van der Waals surface area contributed by atoms with Crippen molar-refractivity contribution in [2.75, 3.05) is 13.1 Å². The summed E-state index contributed by atoms with van der Waals surface area (Å²) in [5, 5.41) is 14.2. The number of imidazole rings is 1. The van der Waals surface area contributed by atoms with E-state index < -0.39 is 12.3 Å². The number of aliphatic hydroxyl groups is 1. The summed E-state index contributed by atoms with van der Waals surface area (Å²) >= 11 is 0. The Balaban J connectivity index is 2.05. The second-order valence-corrected chi connectivity index (χ2v) is 6.10. The minimum absolute atomic E-state index is 0.323. The first-order chi connectivity index (χ1) is 11.2. The van der Waals surface area contributed by atoms with Crippen molar-refractivity contribution < 1.29 is 9.50 Å². The van der Waals surface area contributed by atoms with E-state index in [9.17, 15) is 9.50 Å². The maximum Gasteiger partial charge on any atom is 0.139 e. The number of hydrogen-bond acceptors (Lipinski definition) is 4. The lowest BCUT2D eigenvalue weighted by molar-refractivity contribution is 0.153. The number of rotatable bonds is 2. The van der Waals surface area contributed by atoms with Gasteiger partial charge in [-0.15, -0.1) is 0 Å². The van der Waals surface area contributed by atoms with Gasteiger partial charge in [0.2, 0.25) is 0 Å². The smallest absolute Gasteiger partial charge is 0.139 e. The molecular weight excluding hydrogens is 295 g/mol. The monoisotopic (exact) mass is 314 g/mol. The lowest BCUT2D eigenvalue weighted by Gasteiger charge is -2.30. The summed E-state index contributed by atoms with van der Waals surface area (Å²) in [7, 11) is 0. The molecule has 0 aliphatic carbocycles. The normalized spacial score (nSPS) is 23.4. The molecule has 2 aromatic heterocycles. The van der Waals surface area contributed by atoms with Gasteiger partial charge < -0.3 is 15.0 Å². The number of pyridine rings is 1. The molecule has 2 N–H and O–H groups in total. The van der Waals surface area contributed by atoms with E-state index in [1.807, 2.05) is 28.8 Å². The number of alkyl halides is 1. The van der Waals surface area contributed by atoms with Gasteiger partial charge in [0, 0.05) is 11.9 Å². The van der Waals surface area contributed by atoms with Crippen LogP contribution in [0.1, 0.15) is 31.3 Å². The third kappa shape index (κ3) is 2.29. The first kappa shape index (κ1) is 14.5. The third-order valence-electron chi connectivity index (χ3n) is 4.53. The summed E-state index contributed by atoms with van der Waals surface area (Å²) in [5.41, 5.74) is 2.41. The van der Waals surface area contributed by atoms with E-state index in [0.717, 1.165) is 23.0 Å². The highest BCUT2D eigenvalue weighted by molar-refractivity contribution is 6.02. The molecule has 1 aliphatic rings. The van der Waals surface area contributed by atoms with Crippen LogP contribution < -0.4 is 5.32 Å². The Hall–Kier alpha value is -2.05. The van der Waals surface area contributed by atoms with Gasteiger partial charge in [-0.25, -0.2) is 9.37 Å². The molecule has 6 heteroatoms. The average molecular weight is 314 g/mol. The van der Waals surface area contributed by atoms with Crippen LogP contribution in [0.5, 0.6) is 0 Å². The Kier molecular flexibility index (Phi) is 3.50. The Labute approximate surface area is 133 Å². The van der Waals surface area contributed by atoms with Gasteiger partial charge in [-0.1, -0.05) is 18.2 Å². The van der Waals surface area contributed by atoms with Crippen LogP contribution in [0, 0.1) is 0 Å². The first-order valence-corrected chi connectivity index (χ1v) is 7.95. The number of benzene rings is 1. The van der Waals surface area contributed by atoms with E-state index in [4.69, 9.17) is 0 Å². The Morgan fingerprint density at radius 2 is 2.17 bits per heavy atom. The Morgan fingerprint density at radius 1 is 1.35 bits per heavy atom. The van der Waals surface area contributed by atoms with Crippen molar-refractivity contribution in [2.45, 2.75) is 31.7 Å². The number of piperidine rings is 1. The van der Waals surface area contributed by atoms with Gasteiger partial charge in [0.05, 0.1) is 23.3 Å². The van der Waals surface area contributed by atoms with Crippen LogP contribution in [0.25, 0.3) is 21.9 Å². The third-order valence-corrected chi connectivity index (χ3v) is 4.53. The predicted molar refractivity (Wildman–Crippen MR) is 87.1 cm³/mol. The molecule has 1 saturated heterocycles. The summed E-state index contributed by atoms with van der Waals surface area (Å²) in [4.78, 5) is 8.96. The zero-order valence-electron chi connectivity index (χ0n) is 12.9. The van der Waals surface area contributed by atoms with Crippen LogP contribution in [0.2, 0.25) is 0 Å². The van der Waals surface area contributed by atoms with Crippen molar-refractivity contribution in [1.82, 2.24) is 19.9 Å². The van der Waals surface area contributed by atoms with Crippen molar-refractivity contribution in [1.29, 1.82) is 0 Å². The SMILES string of the molecule is C[C@@H](O)c1nc2cnc3ccccc3c2n1C1CCNCC1F. The molecule has 3 heterocycles. The lowest BCUT2D eigenvalue weighted by atomic mass is 10.0. The fraction of sp³-hybridized carbons (Fsp3) is 0.412. The molecule has 1 fully saturated rings. The molecule has 3 atom stereocenters. The molecule has 0 bridgehead atoms. The maximum atomic E-state index is 14.6. The number of nitrogens with one attached hydrogen (secondary N) is 1. The van der Waals surface area contributed by atoms with Crippen molar-refractivity contribution in [3.05, 3.63) is 36.3 Å². The van der Waals surface area contributed by atoms with Gasteiger partial charge >= 0.3 is 0 Å². The van der Waals surface area contributed by atoms with Crippen LogP contribution in [0.3, 0.4) is 0 Å². The summed E-state index contributed by atoms with van der Waals surface area (Å²) in [6.07, 6.45) is 0.603. The standard InChI is InChI=1S/C17H19FN4O/c1-10(23)17-21-14-9-20-13-5-3-2-4-11(13)16(14)22(17)15-6-7-19-8-12(15)18/h2-5,9-10,12,15,19,23H,6-8H2,1H3/t10-,12?,15?/m1/s1. The highest BCUT2D eigenvalue weighted by Crippen LogP contribution is 2.34. The molecule has 1 aromatic carbocycles. The Morgan fingerprint density at radius 3 is 2.96 bits per heavy atom. The fourth-order valence-corrected chi connectivity index (χ4v) is 3.47. The molecule has 120 valence electrons. The second-order valence-electron chi connectivity index (χ2n) is 6.10. The molecule has 5 nitrogen and oxygen atoms in total. The molecular formula is C17H19FN4O. The molecule has 4 rings (SSSR count). The molecule has 0 amide bonds. The average Bonchev–Trinajstić information content (AvgIpc) is 2.95. The molecule has 0 radical (unpaired) electrons. The molecule has 23 heavy (non-hydrogen) atoms. The quantitative estimate of drug-likeness (QED) is 0.763. The van der Waals surface area contributed by atoms with Crippen LogP contribution in [0.4, 0.5) is 4.39 Å². The minimum atomic E-state index is -1.01. The number of nitrogens with zero attached hydrogens (tertiary/aromatic N) is 3. The largest absolute Gasteiger partial charge is 0.385 e. The number of aliphatic hydroxyl groups excluding tert-OH is 1. The number of hydrogen-bond donors (Lipinski definition) is 2. The Bertz CT molecular complexity index is 860. The summed E-state index contributed by atoms with van der Waals surface area (Å²) < 4.78 is 16.5. The number of aromatic nitrogens is 3. The van der Waals surface area contributed by atoms with Gasteiger partial charge in [-0.3, -0.25) is 4.98 Å². The maximum absolute atomic E-state index is 14.6. The fourth-order valence-electron chi connectivity index (χ4n) is 3.47. The van der Waals surface area contributed by atoms with E-state index in [2.05, 4.69) is 15.3 Å². The number of halogens is 1. The topological polar surface area (TPSA) is 63.0 Å². The summed E-state index contributed by atoms with van der Waals surface area (Å²) in [5.74, 6) is 0.507. The van der Waals surface area contributed by atoms with Crippen molar-refractivity contribution in [3.8, 4) is 0 Å². The highest BCUT2D eigenvalue weighted by Gasteiger charge is 2.31. The summed E-state index contributed by atoms with van der Waals surface area (Å²) in [6.45, 7) is 2.75. The van der Waals surface area contributed by atoms with E-state index in [1.54, 1.807) is 13.1 Å². The zero-order valence-corrected chi connectivity index (χ0v) is 12.9. The molecule has 3 aromatic rings. The van der Waals surface area contributed by atoms with Crippen LogP contribution in [-0.2, 0) is 0 Å². The molecule has 2 unspecified atom stereocenters. The molecule has 0 spiro atoms. The van der Waals surface area contributed by atoms with Crippen molar-refractivity contribution in [3.63, 3.8) is 0 Å². The van der Waals surface area contributed by atoms with Gasteiger partial charge in [0.15, 0.2) is 0 Å². The van der Waals surface area contributed by atoms with Crippen LogP contribution in [-0.4, -0.2) is 38.9 Å². The van der Waals surface area contributed by atoms with Crippen LogP contribution in [0.15, 0.2) is 30.5 Å². The van der Waals surface area contributed by atoms with Gasteiger partial charge in [0.1, 0.15) is 23.6 Å². The van der Waals surface area contributed by atoms with Gasteiger partial charge in [-0.05, 0) is 26.0 Å². The van der Waals surface area contributed by atoms with E-state index in [0.29, 0.717) is 24.3 Å². The zero-order chi connectivity index (χ0) is 16.0. The highest BCUT2D eigenvalue weighted by atomic mass is 19.1. The van der Waals surface area contributed by atoms with Gasteiger partial charge in [0.25, 0.3) is 0 Å². The molecule has 0 saturated carbocycles. The lowest BCUT2D eigenvalue weighted by Crippen LogP contribution is -2.39. The van der Waals surface area contributed by atoms with E-state index in [1.165, 1.54) is 0 Å². The number of fused-ring (bicyclic) bond motifs is 3. The second kappa shape index (κ2) is 5.54. The summed E-state index contributed by atoms with van der Waals surface area (Å²) in [6, 6.07) is 7.46. The predicted octanol–water partition coefficient (Wildman–Crippen LogP) is 2.51. The number of para-hydroxylation sites is 1. The molecule has 1 aliphatic heterocycles. The van der Waals surface area contributed by atoms with Crippen molar-refractivity contribution in [2.24, 2.45) is 0 Å². The first-order valence-electron chi connectivity index (χ1n) is 7.95. The van der Waals surface area contributed by atoms with Gasteiger partial charge in [-0.2, -0.15) is 0 Å². The minimum Gasteiger partial charge on any atom is -0.385 e. The van der Waals surface area contributed by atoms with E-state index >= 15 is 0 Å². The van der Waals surface area contributed by atoms with Crippen LogP contribution >= 0.6 is 0 Å². The van der Waals surface area contributed by atoms with Crippen molar-refractivity contribution >= 4 is 21.9 Å².